The van der Waals surface area contributed by atoms with Gasteiger partial charge in [-0.3, -0.25) is 13.8 Å². The van der Waals surface area contributed by atoms with Crippen LogP contribution in [0.5, 0.6) is 0 Å². The van der Waals surface area contributed by atoms with Gasteiger partial charge in [0.05, 0.1) is 39.9 Å². The molecule has 68 heavy (non-hydrogen) atoms. The largest absolute Gasteiger partial charge is 0.472 e. The van der Waals surface area contributed by atoms with Crippen LogP contribution in [0.3, 0.4) is 0 Å². The molecule has 9 heteroatoms. The lowest BCUT2D eigenvalue weighted by Gasteiger charge is -2.25. The monoisotopic (exact) mass is 980 g/mol. The predicted octanol–water partition coefficient (Wildman–Crippen LogP) is 17.8. The molecule has 0 bridgehead atoms. The second-order valence-corrected chi connectivity index (χ2v) is 22.8. The van der Waals surface area contributed by atoms with E-state index in [1.165, 1.54) is 218 Å². The normalized spacial score (nSPS) is 14.2. The van der Waals surface area contributed by atoms with E-state index in [-0.39, 0.29) is 19.1 Å². The zero-order valence-electron chi connectivity index (χ0n) is 45.9. The topological polar surface area (TPSA) is 105 Å². The second-order valence-electron chi connectivity index (χ2n) is 21.4. The maximum absolute atomic E-state index is 13.0. The molecule has 3 unspecified atom stereocenters. The average molecular weight is 981 g/mol. The maximum atomic E-state index is 13.0. The number of nitrogens with zero attached hydrogens (tertiary/aromatic N) is 1. The zero-order valence-corrected chi connectivity index (χ0v) is 46.8. The number of aliphatic hydroxyl groups excluding tert-OH is 1. The van der Waals surface area contributed by atoms with E-state index in [1.54, 1.807) is 6.08 Å². The fourth-order valence-electron chi connectivity index (χ4n) is 8.72. The Kier molecular flexibility index (Phi) is 49.7. The molecule has 0 fully saturated rings. The molecule has 0 aromatic heterocycles. The summed E-state index contributed by atoms with van der Waals surface area (Å²) in [5.74, 6) is -0.186. The van der Waals surface area contributed by atoms with E-state index in [2.05, 4.69) is 43.5 Å². The number of amides is 1. The highest BCUT2D eigenvalue weighted by Gasteiger charge is 2.27. The SMILES string of the molecule is CCCCCCCCC/C=C/CC/C=C/CC/C=C/C(O)C(COP(=O)(O)OCC[N+](C)(C)C)NC(=O)CCCCCCCCCCCCCCCCCCCCCCCCCCCCCCC. The third kappa shape index (κ3) is 52.5. The van der Waals surface area contributed by atoms with Crippen LogP contribution in [0.4, 0.5) is 0 Å². The van der Waals surface area contributed by atoms with Crippen molar-refractivity contribution < 1.29 is 32.9 Å². The molecule has 0 saturated heterocycles. The lowest BCUT2D eigenvalue weighted by molar-refractivity contribution is -0.870. The van der Waals surface area contributed by atoms with Crippen LogP contribution in [0.2, 0.25) is 0 Å². The van der Waals surface area contributed by atoms with Gasteiger partial charge in [-0.25, -0.2) is 4.57 Å². The highest BCUT2D eigenvalue weighted by atomic mass is 31.2. The Balaban J connectivity index is 4.13. The molecule has 0 aliphatic heterocycles. The summed E-state index contributed by atoms with van der Waals surface area (Å²) in [4.78, 5) is 23.3. The van der Waals surface area contributed by atoms with Crippen LogP contribution >= 0.6 is 7.82 Å². The van der Waals surface area contributed by atoms with Crippen molar-refractivity contribution in [2.24, 2.45) is 0 Å². The van der Waals surface area contributed by atoms with E-state index in [9.17, 15) is 19.4 Å². The number of nitrogens with one attached hydrogen (secondary N) is 1. The summed E-state index contributed by atoms with van der Waals surface area (Å²) >= 11 is 0. The third-order valence-electron chi connectivity index (χ3n) is 13.3. The molecule has 0 aliphatic rings. The summed E-state index contributed by atoms with van der Waals surface area (Å²) in [6, 6.07) is -0.867. The van der Waals surface area contributed by atoms with Crippen molar-refractivity contribution in [1.29, 1.82) is 0 Å². The van der Waals surface area contributed by atoms with Crippen molar-refractivity contribution in [1.82, 2.24) is 5.32 Å². The minimum Gasteiger partial charge on any atom is -0.387 e. The summed E-state index contributed by atoms with van der Waals surface area (Å²) in [6.45, 7) is 4.81. The van der Waals surface area contributed by atoms with E-state index in [4.69, 9.17) is 9.05 Å². The Morgan fingerprint density at radius 2 is 0.809 bits per heavy atom. The molecule has 0 aromatic carbocycles. The molecule has 0 rings (SSSR count). The van der Waals surface area contributed by atoms with Gasteiger partial charge in [0.15, 0.2) is 0 Å². The minimum atomic E-state index is -4.36. The Morgan fingerprint density at radius 3 is 1.18 bits per heavy atom. The molecule has 3 atom stereocenters. The lowest BCUT2D eigenvalue weighted by Crippen LogP contribution is -2.45. The summed E-state index contributed by atoms with van der Waals surface area (Å²) < 4.78 is 23.7. The molecule has 0 spiro atoms. The average Bonchev–Trinajstić information content (AvgIpc) is 3.30. The van der Waals surface area contributed by atoms with Crippen molar-refractivity contribution in [3.8, 4) is 0 Å². The molecule has 3 N–H and O–H groups in total. The van der Waals surface area contributed by atoms with Crippen LogP contribution in [0.15, 0.2) is 36.5 Å². The van der Waals surface area contributed by atoms with Gasteiger partial charge in [0, 0.05) is 6.42 Å². The minimum absolute atomic E-state index is 0.0550. The Hall–Kier alpha value is -1.28. The van der Waals surface area contributed by atoms with Crippen LogP contribution in [0.1, 0.15) is 284 Å². The standard InChI is InChI=1S/C59H115N2O6P/c1-6-8-10-12-14-16-18-20-22-24-25-26-27-28-29-30-31-32-33-34-35-37-39-41-43-45-47-49-51-53-59(63)60-57(56-67-68(64,65)66-55-54-61(3,4)5)58(62)52-50-48-46-44-42-40-38-36-23-21-19-17-15-13-11-9-7-2/h23,36,42,44,50,52,57-58,62H,6-22,24-35,37-41,43,45-49,51,53-56H2,1-5H3,(H-,60,63,64,65)/p+1/b36-23+,44-42+,52-50+. The van der Waals surface area contributed by atoms with Crippen LogP contribution in [0.25, 0.3) is 0 Å². The molecular weight excluding hydrogens is 864 g/mol. The number of phosphoric acid groups is 1. The van der Waals surface area contributed by atoms with E-state index >= 15 is 0 Å². The molecule has 0 saturated carbocycles. The van der Waals surface area contributed by atoms with Crippen LogP contribution < -0.4 is 5.32 Å². The number of allylic oxidation sites excluding steroid dienone is 5. The summed E-state index contributed by atoms with van der Waals surface area (Å²) in [5, 5.41) is 13.9. The van der Waals surface area contributed by atoms with Crippen molar-refractivity contribution in [2.75, 3.05) is 40.9 Å². The van der Waals surface area contributed by atoms with Crippen molar-refractivity contribution in [2.45, 2.75) is 296 Å². The third-order valence-corrected chi connectivity index (χ3v) is 14.3. The van der Waals surface area contributed by atoms with Gasteiger partial charge < -0.3 is 19.8 Å². The van der Waals surface area contributed by atoms with Crippen LogP contribution in [-0.4, -0.2) is 73.4 Å². The number of likely N-dealkylation sites (N-methyl/N-ethyl adjacent to an activating group) is 1. The van der Waals surface area contributed by atoms with E-state index in [0.29, 0.717) is 17.4 Å². The first-order valence-corrected chi connectivity index (χ1v) is 30.9. The quantitative estimate of drug-likeness (QED) is 0.0243. The number of hydrogen-bond acceptors (Lipinski definition) is 5. The molecule has 0 radical (unpaired) electrons. The number of aliphatic hydroxyl groups is 1. The smallest absolute Gasteiger partial charge is 0.387 e. The van der Waals surface area contributed by atoms with Gasteiger partial charge in [0.2, 0.25) is 5.91 Å². The van der Waals surface area contributed by atoms with Gasteiger partial charge in [-0.05, 0) is 44.9 Å². The highest BCUT2D eigenvalue weighted by Crippen LogP contribution is 2.43. The number of hydrogen-bond donors (Lipinski definition) is 3. The Morgan fingerprint density at radius 1 is 0.485 bits per heavy atom. The first kappa shape index (κ1) is 66.7. The second kappa shape index (κ2) is 50.7. The van der Waals surface area contributed by atoms with Crippen molar-refractivity contribution >= 4 is 13.7 Å². The number of quaternary nitrogens is 1. The van der Waals surface area contributed by atoms with Crippen LogP contribution in [-0.2, 0) is 18.4 Å². The number of carbonyl (C=O) groups excluding carboxylic acids is 1. The fraction of sp³-hybridized carbons (Fsp3) is 0.881. The first-order valence-electron chi connectivity index (χ1n) is 29.4. The molecule has 0 aliphatic carbocycles. The predicted molar refractivity (Wildman–Crippen MR) is 295 cm³/mol. The lowest BCUT2D eigenvalue weighted by atomic mass is 10.0. The summed E-state index contributed by atoms with van der Waals surface area (Å²) in [5.41, 5.74) is 0. The molecular formula is C59H116N2O6P+. The van der Waals surface area contributed by atoms with Gasteiger partial charge in [-0.2, -0.15) is 0 Å². The van der Waals surface area contributed by atoms with Gasteiger partial charge in [0.1, 0.15) is 13.2 Å². The highest BCUT2D eigenvalue weighted by molar-refractivity contribution is 7.47. The fourth-order valence-corrected chi connectivity index (χ4v) is 9.46. The number of unbranched alkanes of at least 4 members (excludes halogenated alkanes) is 37. The molecule has 8 nitrogen and oxygen atoms in total. The van der Waals surface area contributed by atoms with Crippen molar-refractivity contribution in [3.63, 3.8) is 0 Å². The van der Waals surface area contributed by atoms with Gasteiger partial charge in [-0.15, -0.1) is 0 Å². The summed E-state index contributed by atoms with van der Waals surface area (Å²) in [6.07, 6.45) is 65.5. The number of carbonyl (C=O) groups is 1. The first-order chi connectivity index (χ1) is 33.0. The van der Waals surface area contributed by atoms with Gasteiger partial charge in [-0.1, -0.05) is 269 Å². The molecule has 0 aromatic rings. The zero-order chi connectivity index (χ0) is 49.9. The Bertz CT molecular complexity index is 1200. The molecule has 0 heterocycles. The molecule has 402 valence electrons. The van der Waals surface area contributed by atoms with Gasteiger partial charge in [0.25, 0.3) is 0 Å². The van der Waals surface area contributed by atoms with E-state index in [0.717, 1.165) is 44.9 Å². The van der Waals surface area contributed by atoms with Gasteiger partial charge >= 0.3 is 7.82 Å². The van der Waals surface area contributed by atoms with E-state index < -0.39 is 20.0 Å². The van der Waals surface area contributed by atoms with Crippen LogP contribution in [0, 0.1) is 0 Å². The Labute approximate surface area is 423 Å². The number of phosphoric ester groups is 1. The van der Waals surface area contributed by atoms with E-state index in [1.807, 2.05) is 27.2 Å². The summed E-state index contributed by atoms with van der Waals surface area (Å²) in [7, 11) is 1.56. The molecule has 1 amide bonds. The number of rotatable bonds is 54. The maximum Gasteiger partial charge on any atom is 0.472 e. The van der Waals surface area contributed by atoms with Crippen molar-refractivity contribution in [3.05, 3.63) is 36.5 Å².